The Bertz CT molecular complexity index is 646. The van der Waals surface area contributed by atoms with Crippen molar-refractivity contribution in [2.75, 3.05) is 0 Å². The standard InChI is InChI=1S/C13H7BrClFO3/c14-10-4-2-8(6-11(10)16)19-12-5-7(15)1-3-9(12)13(17)18/h1-6H,(H,17,18). The number of ether oxygens (including phenoxy) is 1. The summed E-state index contributed by atoms with van der Waals surface area (Å²) in [5.41, 5.74) is -0.0484. The molecule has 0 spiro atoms. The van der Waals surface area contributed by atoms with Crippen LogP contribution in [0.2, 0.25) is 5.02 Å². The summed E-state index contributed by atoms with van der Waals surface area (Å²) in [7, 11) is 0. The molecule has 2 rings (SSSR count). The van der Waals surface area contributed by atoms with Crippen LogP contribution in [0.15, 0.2) is 40.9 Å². The Kier molecular flexibility index (Phi) is 4.07. The van der Waals surface area contributed by atoms with Crippen LogP contribution in [0.1, 0.15) is 10.4 Å². The monoisotopic (exact) mass is 344 g/mol. The van der Waals surface area contributed by atoms with Crippen molar-refractivity contribution in [2.24, 2.45) is 0 Å². The van der Waals surface area contributed by atoms with Crippen LogP contribution in [0.4, 0.5) is 4.39 Å². The van der Waals surface area contributed by atoms with E-state index in [-0.39, 0.29) is 17.1 Å². The molecule has 0 saturated carbocycles. The van der Waals surface area contributed by atoms with E-state index < -0.39 is 11.8 Å². The first-order valence-corrected chi connectivity index (χ1v) is 6.30. The smallest absolute Gasteiger partial charge is 0.339 e. The second-order valence-corrected chi connectivity index (χ2v) is 4.91. The molecular formula is C13H7BrClFO3. The Morgan fingerprint density at radius 3 is 2.63 bits per heavy atom. The van der Waals surface area contributed by atoms with Gasteiger partial charge in [-0.05, 0) is 40.2 Å². The lowest BCUT2D eigenvalue weighted by atomic mass is 10.2. The molecule has 0 unspecified atom stereocenters. The highest BCUT2D eigenvalue weighted by molar-refractivity contribution is 9.10. The molecule has 0 aliphatic carbocycles. The molecule has 3 nitrogen and oxygen atoms in total. The molecule has 0 aromatic heterocycles. The fourth-order valence-electron chi connectivity index (χ4n) is 1.42. The molecule has 2 aromatic rings. The van der Waals surface area contributed by atoms with Crippen LogP contribution >= 0.6 is 27.5 Å². The predicted molar refractivity (Wildman–Crippen MR) is 72.6 cm³/mol. The summed E-state index contributed by atoms with van der Waals surface area (Å²) in [6, 6.07) is 8.27. The van der Waals surface area contributed by atoms with E-state index in [2.05, 4.69) is 15.9 Å². The second-order valence-electron chi connectivity index (χ2n) is 3.62. The van der Waals surface area contributed by atoms with Gasteiger partial charge in [0.2, 0.25) is 0 Å². The number of rotatable bonds is 3. The summed E-state index contributed by atoms with van der Waals surface area (Å²) in [5, 5.41) is 9.36. The van der Waals surface area contributed by atoms with Gasteiger partial charge in [0.1, 0.15) is 22.9 Å². The maximum atomic E-state index is 13.4. The zero-order chi connectivity index (χ0) is 14.0. The number of carbonyl (C=O) groups is 1. The molecule has 2 aromatic carbocycles. The first-order valence-electron chi connectivity index (χ1n) is 5.13. The lowest BCUT2D eigenvalue weighted by Crippen LogP contribution is -2.00. The summed E-state index contributed by atoms with van der Waals surface area (Å²) in [5.74, 6) is -1.41. The first-order chi connectivity index (χ1) is 8.97. The SMILES string of the molecule is O=C(O)c1ccc(Cl)cc1Oc1ccc(Br)c(F)c1. The van der Waals surface area contributed by atoms with E-state index in [1.54, 1.807) is 0 Å². The molecule has 0 aliphatic rings. The van der Waals surface area contributed by atoms with Crippen LogP contribution in [0.25, 0.3) is 0 Å². The lowest BCUT2D eigenvalue weighted by molar-refractivity contribution is 0.0694. The van der Waals surface area contributed by atoms with Gasteiger partial charge in [-0.1, -0.05) is 11.6 Å². The van der Waals surface area contributed by atoms with Gasteiger partial charge in [-0.25, -0.2) is 9.18 Å². The van der Waals surface area contributed by atoms with Crippen LogP contribution in [0.3, 0.4) is 0 Å². The molecule has 0 aliphatic heterocycles. The number of hydrogen-bond acceptors (Lipinski definition) is 2. The molecule has 0 bridgehead atoms. The number of carboxylic acids is 1. The highest BCUT2D eigenvalue weighted by atomic mass is 79.9. The minimum atomic E-state index is -1.15. The number of hydrogen-bond donors (Lipinski definition) is 1. The number of aromatic carboxylic acids is 1. The molecule has 0 amide bonds. The van der Waals surface area contributed by atoms with Crippen molar-refractivity contribution in [3.8, 4) is 11.5 Å². The van der Waals surface area contributed by atoms with Crippen LogP contribution in [0.5, 0.6) is 11.5 Å². The van der Waals surface area contributed by atoms with E-state index in [1.165, 1.54) is 30.3 Å². The molecular weight excluding hydrogens is 338 g/mol. The van der Waals surface area contributed by atoms with Crippen molar-refractivity contribution < 1.29 is 19.0 Å². The highest BCUT2D eigenvalue weighted by Gasteiger charge is 2.13. The van der Waals surface area contributed by atoms with Gasteiger partial charge in [0.25, 0.3) is 0 Å². The fraction of sp³-hybridized carbons (Fsp3) is 0. The summed E-state index contributed by atoms with van der Waals surface area (Å²) in [6.07, 6.45) is 0. The molecule has 98 valence electrons. The third kappa shape index (κ3) is 3.24. The summed E-state index contributed by atoms with van der Waals surface area (Å²) in [6.45, 7) is 0. The molecule has 0 fully saturated rings. The van der Waals surface area contributed by atoms with Crippen LogP contribution in [-0.4, -0.2) is 11.1 Å². The van der Waals surface area contributed by atoms with E-state index in [0.717, 1.165) is 6.07 Å². The molecule has 0 heterocycles. The van der Waals surface area contributed by atoms with Gasteiger partial charge in [-0.2, -0.15) is 0 Å². The van der Waals surface area contributed by atoms with Gasteiger partial charge in [0, 0.05) is 17.2 Å². The van der Waals surface area contributed by atoms with Crippen molar-refractivity contribution in [1.29, 1.82) is 0 Å². The average molecular weight is 346 g/mol. The molecule has 0 saturated heterocycles. The molecule has 0 atom stereocenters. The predicted octanol–water partition coefficient (Wildman–Crippen LogP) is 4.73. The van der Waals surface area contributed by atoms with Gasteiger partial charge in [-0.3, -0.25) is 0 Å². The van der Waals surface area contributed by atoms with E-state index in [1.807, 2.05) is 0 Å². The lowest BCUT2D eigenvalue weighted by Gasteiger charge is -2.09. The Labute approximate surface area is 121 Å². The Morgan fingerprint density at radius 2 is 2.00 bits per heavy atom. The van der Waals surface area contributed by atoms with E-state index in [4.69, 9.17) is 21.4 Å². The summed E-state index contributed by atoms with van der Waals surface area (Å²) >= 11 is 8.81. The van der Waals surface area contributed by atoms with Gasteiger partial charge in [0.05, 0.1) is 4.47 Å². The first kappa shape index (κ1) is 13.8. The maximum absolute atomic E-state index is 13.4. The van der Waals surface area contributed by atoms with Crippen LogP contribution in [-0.2, 0) is 0 Å². The van der Waals surface area contributed by atoms with Crippen molar-refractivity contribution in [3.63, 3.8) is 0 Å². The summed E-state index contributed by atoms with van der Waals surface area (Å²) in [4.78, 5) is 11.0. The van der Waals surface area contributed by atoms with Gasteiger partial charge >= 0.3 is 5.97 Å². The van der Waals surface area contributed by atoms with Gasteiger partial charge in [-0.15, -0.1) is 0 Å². The molecule has 0 radical (unpaired) electrons. The topological polar surface area (TPSA) is 46.5 Å². The fourth-order valence-corrected chi connectivity index (χ4v) is 1.83. The minimum absolute atomic E-state index is 0.0484. The van der Waals surface area contributed by atoms with Crippen molar-refractivity contribution >= 4 is 33.5 Å². The highest BCUT2D eigenvalue weighted by Crippen LogP contribution is 2.30. The van der Waals surface area contributed by atoms with E-state index in [0.29, 0.717) is 9.50 Å². The Morgan fingerprint density at radius 1 is 1.26 bits per heavy atom. The van der Waals surface area contributed by atoms with Crippen molar-refractivity contribution in [2.45, 2.75) is 0 Å². The molecule has 19 heavy (non-hydrogen) atoms. The normalized spacial score (nSPS) is 10.3. The van der Waals surface area contributed by atoms with Gasteiger partial charge in [0.15, 0.2) is 0 Å². The largest absolute Gasteiger partial charge is 0.478 e. The quantitative estimate of drug-likeness (QED) is 0.874. The zero-order valence-electron chi connectivity index (χ0n) is 9.36. The molecule has 1 N–H and O–H groups in total. The van der Waals surface area contributed by atoms with Crippen LogP contribution in [0, 0.1) is 5.82 Å². The van der Waals surface area contributed by atoms with Crippen molar-refractivity contribution in [3.05, 3.63) is 57.3 Å². The number of halogens is 3. The van der Waals surface area contributed by atoms with Crippen molar-refractivity contribution in [1.82, 2.24) is 0 Å². The van der Waals surface area contributed by atoms with Gasteiger partial charge < -0.3 is 9.84 Å². The Balaban J connectivity index is 2.39. The zero-order valence-corrected chi connectivity index (χ0v) is 11.7. The third-order valence-electron chi connectivity index (χ3n) is 2.29. The second kappa shape index (κ2) is 5.59. The number of benzene rings is 2. The number of carboxylic acid groups (broad SMARTS) is 1. The van der Waals surface area contributed by atoms with E-state index >= 15 is 0 Å². The minimum Gasteiger partial charge on any atom is -0.478 e. The third-order valence-corrected chi connectivity index (χ3v) is 3.17. The van der Waals surface area contributed by atoms with E-state index in [9.17, 15) is 9.18 Å². The molecule has 6 heteroatoms. The summed E-state index contributed by atoms with van der Waals surface area (Å²) < 4.78 is 19.0. The average Bonchev–Trinajstić information content (AvgIpc) is 2.33. The van der Waals surface area contributed by atoms with Crippen LogP contribution < -0.4 is 4.74 Å². The maximum Gasteiger partial charge on any atom is 0.339 e. The Hall–Kier alpha value is -1.59.